The Kier molecular flexibility index (Phi) is 5.64. The lowest BCUT2D eigenvalue weighted by Crippen LogP contribution is -2.44. The summed E-state index contributed by atoms with van der Waals surface area (Å²) in [6.45, 7) is 2.94. The van der Waals surface area contributed by atoms with Gasteiger partial charge in [-0.2, -0.15) is 0 Å². The number of aromatic amines is 1. The summed E-state index contributed by atoms with van der Waals surface area (Å²) in [5.74, 6) is 1.49. The maximum absolute atomic E-state index is 13.1. The number of hydrogen-bond acceptors (Lipinski definition) is 3. The highest BCUT2D eigenvalue weighted by Crippen LogP contribution is 2.34. The number of carbonyl (C=O) groups excluding carboxylic acids is 2. The van der Waals surface area contributed by atoms with Crippen molar-refractivity contribution >= 4 is 22.8 Å². The third-order valence-electron chi connectivity index (χ3n) is 6.43. The number of carbonyl (C=O) groups is 2. The molecule has 6 heteroatoms. The normalized spacial score (nSPS) is 20.2. The lowest BCUT2D eigenvalue weighted by molar-refractivity contribution is -0.134. The summed E-state index contributed by atoms with van der Waals surface area (Å²) in [5.41, 5.74) is 1.96. The zero-order valence-corrected chi connectivity index (χ0v) is 16.6. The molecule has 1 saturated heterocycles. The average Bonchev–Trinajstić information content (AvgIpc) is 3.16. The molecule has 2 amide bonds. The zero-order chi connectivity index (χ0) is 19.5. The number of benzene rings is 1. The molecule has 6 nitrogen and oxygen atoms in total. The van der Waals surface area contributed by atoms with Crippen molar-refractivity contribution in [3.05, 3.63) is 30.1 Å². The molecule has 2 aliphatic rings. The highest BCUT2D eigenvalue weighted by Gasteiger charge is 2.32. The van der Waals surface area contributed by atoms with Crippen LogP contribution in [0.4, 0.5) is 0 Å². The van der Waals surface area contributed by atoms with E-state index in [1.165, 1.54) is 19.3 Å². The topological polar surface area (TPSA) is 78.1 Å². The molecular formula is C22H30N4O2. The molecule has 2 fully saturated rings. The van der Waals surface area contributed by atoms with E-state index in [1.807, 2.05) is 29.2 Å². The minimum Gasteiger partial charge on any atom is -0.346 e. The van der Waals surface area contributed by atoms with Gasteiger partial charge in [0.2, 0.25) is 11.8 Å². The number of amides is 2. The SMILES string of the molecule is CC(=O)N1CCC(C(=O)NC(c2nc3ccccc3[nH]2)C2CCCCC2)CC1. The summed E-state index contributed by atoms with van der Waals surface area (Å²) in [4.78, 5) is 34.7. The first-order valence-electron chi connectivity index (χ1n) is 10.6. The quantitative estimate of drug-likeness (QED) is 0.849. The Hall–Kier alpha value is -2.37. The molecule has 1 aromatic carbocycles. The van der Waals surface area contributed by atoms with Gasteiger partial charge in [0.05, 0.1) is 17.1 Å². The van der Waals surface area contributed by atoms with Crippen molar-refractivity contribution in [2.24, 2.45) is 11.8 Å². The number of rotatable bonds is 4. The van der Waals surface area contributed by atoms with Gasteiger partial charge in [-0.25, -0.2) is 4.98 Å². The van der Waals surface area contributed by atoms with Crippen LogP contribution >= 0.6 is 0 Å². The number of H-pyrrole nitrogens is 1. The van der Waals surface area contributed by atoms with Crippen LogP contribution in [0.2, 0.25) is 0 Å². The lowest BCUT2D eigenvalue weighted by atomic mass is 9.83. The van der Waals surface area contributed by atoms with Gasteiger partial charge in [-0.15, -0.1) is 0 Å². The van der Waals surface area contributed by atoms with Crippen molar-refractivity contribution in [3.8, 4) is 0 Å². The van der Waals surface area contributed by atoms with Crippen LogP contribution in [0, 0.1) is 11.8 Å². The summed E-state index contributed by atoms with van der Waals surface area (Å²) in [7, 11) is 0. The predicted octanol–water partition coefficient (Wildman–Crippen LogP) is 3.56. The van der Waals surface area contributed by atoms with Crippen LogP contribution in [0.15, 0.2) is 24.3 Å². The Morgan fingerprint density at radius 3 is 2.50 bits per heavy atom. The third kappa shape index (κ3) is 4.05. The summed E-state index contributed by atoms with van der Waals surface area (Å²) in [6, 6.07) is 7.96. The van der Waals surface area contributed by atoms with Crippen molar-refractivity contribution < 1.29 is 9.59 Å². The van der Waals surface area contributed by atoms with E-state index in [0.29, 0.717) is 19.0 Å². The van der Waals surface area contributed by atoms with E-state index in [9.17, 15) is 9.59 Å². The molecule has 2 N–H and O–H groups in total. The largest absolute Gasteiger partial charge is 0.346 e. The monoisotopic (exact) mass is 382 g/mol. The maximum Gasteiger partial charge on any atom is 0.223 e. The standard InChI is InChI=1S/C22H30N4O2/c1-15(27)26-13-11-17(12-14-26)22(28)25-20(16-7-3-2-4-8-16)21-23-18-9-5-6-10-19(18)24-21/h5-6,9-10,16-17,20H,2-4,7-8,11-14H2,1H3,(H,23,24)(H,25,28). The summed E-state index contributed by atoms with van der Waals surface area (Å²) < 4.78 is 0. The summed E-state index contributed by atoms with van der Waals surface area (Å²) >= 11 is 0. The third-order valence-corrected chi connectivity index (χ3v) is 6.43. The van der Waals surface area contributed by atoms with E-state index < -0.39 is 0 Å². The van der Waals surface area contributed by atoms with Gasteiger partial charge in [0.1, 0.15) is 5.82 Å². The number of imidazole rings is 1. The van der Waals surface area contributed by atoms with Gasteiger partial charge in [-0.3, -0.25) is 9.59 Å². The van der Waals surface area contributed by atoms with Gasteiger partial charge >= 0.3 is 0 Å². The molecule has 1 unspecified atom stereocenters. The van der Waals surface area contributed by atoms with Crippen LogP contribution in [0.25, 0.3) is 11.0 Å². The molecule has 1 saturated carbocycles. The second kappa shape index (κ2) is 8.33. The smallest absolute Gasteiger partial charge is 0.223 e. The highest BCUT2D eigenvalue weighted by molar-refractivity contribution is 5.80. The molecule has 1 aliphatic heterocycles. The van der Waals surface area contributed by atoms with E-state index in [-0.39, 0.29) is 23.8 Å². The Morgan fingerprint density at radius 1 is 1.11 bits per heavy atom. The molecule has 0 radical (unpaired) electrons. The number of aromatic nitrogens is 2. The molecule has 2 aromatic rings. The molecule has 1 aliphatic carbocycles. The van der Waals surface area contributed by atoms with E-state index in [2.05, 4.69) is 10.3 Å². The molecule has 1 aromatic heterocycles. The Balaban J connectivity index is 1.50. The van der Waals surface area contributed by atoms with Crippen LogP contribution in [0.1, 0.15) is 63.7 Å². The number of nitrogens with zero attached hydrogens (tertiary/aromatic N) is 2. The molecule has 0 spiro atoms. The van der Waals surface area contributed by atoms with E-state index in [0.717, 1.165) is 42.5 Å². The first-order valence-corrected chi connectivity index (χ1v) is 10.6. The number of hydrogen-bond donors (Lipinski definition) is 2. The predicted molar refractivity (Wildman–Crippen MR) is 109 cm³/mol. The van der Waals surface area contributed by atoms with E-state index in [1.54, 1.807) is 6.92 Å². The Bertz CT molecular complexity index is 799. The van der Waals surface area contributed by atoms with Crippen LogP contribution in [0.5, 0.6) is 0 Å². The fourth-order valence-electron chi connectivity index (χ4n) is 4.72. The van der Waals surface area contributed by atoms with Crippen molar-refractivity contribution in [3.63, 3.8) is 0 Å². The number of piperidine rings is 1. The van der Waals surface area contributed by atoms with Gasteiger partial charge in [-0.1, -0.05) is 31.4 Å². The Labute approximate surface area is 166 Å². The molecule has 0 bridgehead atoms. The maximum atomic E-state index is 13.1. The van der Waals surface area contributed by atoms with Gasteiger partial charge in [0.25, 0.3) is 0 Å². The second-order valence-corrected chi connectivity index (χ2v) is 8.30. The minimum atomic E-state index is -0.0639. The van der Waals surface area contributed by atoms with Crippen LogP contribution < -0.4 is 5.32 Å². The van der Waals surface area contributed by atoms with Gasteiger partial charge in [0.15, 0.2) is 0 Å². The summed E-state index contributed by atoms with van der Waals surface area (Å²) in [5, 5.41) is 3.34. The van der Waals surface area contributed by atoms with Crippen molar-refractivity contribution in [2.45, 2.75) is 57.9 Å². The first-order chi connectivity index (χ1) is 13.6. The van der Waals surface area contributed by atoms with Crippen LogP contribution in [-0.2, 0) is 9.59 Å². The number of fused-ring (bicyclic) bond motifs is 1. The molecule has 4 rings (SSSR count). The lowest BCUT2D eigenvalue weighted by Gasteiger charge is -2.34. The van der Waals surface area contributed by atoms with Crippen molar-refractivity contribution in [2.75, 3.05) is 13.1 Å². The van der Waals surface area contributed by atoms with Crippen LogP contribution in [-0.4, -0.2) is 39.8 Å². The molecule has 28 heavy (non-hydrogen) atoms. The fraction of sp³-hybridized carbons (Fsp3) is 0.591. The molecule has 1 atom stereocenters. The van der Waals surface area contributed by atoms with E-state index >= 15 is 0 Å². The average molecular weight is 383 g/mol. The Morgan fingerprint density at radius 2 is 1.82 bits per heavy atom. The molecule has 150 valence electrons. The van der Waals surface area contributed by atoms with Gasteiger partial charge < -0.3 is 15.2 Å². The minimum absolute atomic E-state index is 0.0222. The number of nitrogens with one attached hydrogen (secondary N) is 2. The van der Waals surface area contributed by atoms with Crippen LogP contribution in [0.3, 0.4) is 0 Å². The first kappa shape index (κ1) is 19.0. The number of para-hydroxylation sites is 2. The van der Waals surface area contributed by atoms with Crippen molar-refractivity contribution in [1.29, 1.82) is 0 Å². The second-order valence-electron chi connectivity index (χ2n) is 8.30. The van der Waals surface area contributed by atoms with Gasteiger partial charge in [0, 0.05) is 25.9 Å². The van der Waals surface area contributed by atoms with Gasteiger partial charge in [-0.05, 0) is 43.7 Å². The summed E-state index contributed by atoms with van der Waals surface area (Å²) in [6.07, 6.45) is 7.45. The fourth-order valence-corrected chi connectivity index (χ4v) is 4.72. The molecule has 2 heterocycles. The highest BCUT2D eigenvalue weighted by atomic mass is 16.2. The zero-order valence-electron chi connectivity index (χ0n) is 16.6. The van der Waals surface area contributed by atoms with E-state index in [4.69, 9.17) is 4.98 Å². The number of likely N-dealkylation sites (tertiary alicyclic amines) is 1. The van der Waals surface area contributed by atoms with Crippen molar-refractivity contribution in [1.82, 2.24) is 20.2 Å². The molecular weight excluding hydrogens is 352 g/mol.